The molecule has 0 saturated heterocycles. The molecule has 102 valence electrons. The smallest absolute Gasteiger partial charge is 0.137 e. The Bertz CT molecular complexity index is 756. The van der Waals surface area contributed by atoms with Crippen LogP contribution in [0, 0.1) is 5.82 Å². The summed E-state index contributed by atoms with van der Waals surface area (Å²) >= 11 is 3.21. The molecule has 3 rings (SSSR count). The van der Waals surface area contributed by atoms with Crippen LogP contribution >= 0.6 is 15.9 Å². The summed E-state index contributed by atoms with van der Waals surface area (Å²) in [5.41, 5.74) is 2.32. The van der Waals surface area contributed by atoms with Crippen molar-refractivity contribution in [2.24, 2.45) is 0 Å². The summed E-state index contributed by atoms with van der Waals surface area (Å²) in [6.07, 6.45) is 3.07. The fraction of sp³-hybridized carbons (Fsp3) is 0.133. The Morgan fingerprint density at radius 3 is 2.95 bits per heavy atom. The Labute approximate surface area is 123 Å². The Balaban J connectivity index is 1.93. The lowest BCUT2D eigenvalue weighted by Gasteiger charge is -2.11. The molecule has 0 saturated carbocycles. The van der Waals surface area contributed by atoms with E-state index in [0.29, 0.717) is 10.9 Å². The molecule has 20 heavy (non-hydrogen) atoms. The minimum absolute atomic E-state index is 0.324. The van der Waals surface area contributed by atoms with Crippen LogP contribution in [0.1, 0.15) is 17.2 Å². The number of aliphatic hydroxyl groups is 1. The minimum atomic E-state index is -0.729. The summed E-state index contributed by atoms with van der Waals surface area (Å²) in [7, 11) is 0. The molecular formula is C15H12BrFN2O. The molecule has 0 aliphatic heterocycles. The van der Waals surface area contributed by atoms with Gasteiger partial charge in [-0.2, -0.15) is 5.10 Å². The van der Waals surface area contributed by atoms with Gasteiger partial charge in [0.15, 0.2) is 0 Å². The average molecular weight is 335 g/mol. The molecule has 1 aromatic carbocycles. The number of aliphatic hydroxyl groups excluding tert-OH is 1. The van der Waals surface area contributed by atoms with Gasteiger partial charge in [0.2, 0.25) is 0 Å². The molecule has 0 spiro atoms. The van der Waals surface area contributed by atoms with E-state index in [-0.39, 0.29) is 5.82 Å². The zero-order chi connectivity index (χ0) is 14.1. The first-order valence-corrected chi connectivity index (χ1v) is 6.99. The lowest BCUT2D eigenvalue weighted by molar-refractivity contribution is 0.179. The van der Waals surface area contributed by atoms with Crippen LogP contribution in [0.3, 0.4) is 0 Å². The SMILES string of the molecule is OC(Cc1cccc(F)c1Br)c1cnn2ccccc12. The van der Waals surface area contributed by atoms with Crippen molar-refractivity contribution in [3.05, 3.63) is 70.2 Å². The summed E-state index contributed by atoms with van der Waals surface area (Å²) < 4.78 is 15.6. The van der Waals surface area contributed by atoms with Crippen molar-refractivity contribution < 1.29 is 9.50 Å². The van der Waals surface area contributed by atoms with E-state index >= 15 is 0 Å². The van der Waals surface area contributed by atoms with Gasteiger partial charge in [0, 0.05) is 18.2 Å². The first kappa shape index (κ1) is 13.3. The maximum Gasteiger partial charge on any atom is 0.137 e. The molecule has 0 fully saturated rings. The van der Waals surface area contributed by atoms with Gasteiger partial charge >= 0.3 is 0 Å². The largest absolute Gasteiger partial charge is 0.388 e. The third-order valence-corrected chi connectivity index (χ3v) is 4.15. The molecule has 1 N–H and O–H groups in total. The fourth-order valence-corrected chi connectivity index (χ4v) is 2.66. The van der Waals surface area contributed by atoms with Gasteiger partial charge in [0.25, 0.3) is 0 Å². The molecule has 1 unspecified atom stereocenters. The number of pyridine rings is 1. The molecule has 3 nitrogen and oxygen atoms in total. The van der Waals surface area contributed by atoms with Crippen LogP contribution in [0.25, 0.3) is 5.52 Å². The van der Waals surface area contributed by atoms with Crippen LogP contribution in [-0.2, 0) is 6.42 Å². The first-order valence-electron chi connectivity index (χ1n) is 6.20. The van der Waals surface area contributed by atoms with Gasteiger partial charge in [-0.25, -0.2) is 8.91 Å². The summed E-state index contributed by atoms with van der Waals surface area (Å²) in [5, 5.41) is 14.6. The van der Waals surface area contributed by atoms with E-state index in [1.165, 1.54) is 6.07 Å². The predicted molar refractivity (Wildman–Crippen MR) is 78.0 cm³/mol. The normalized spacial score (nSPS) is 12.8. The van der Waals surface area contributed by atoms with E-state index in [9.17, 15) is 9.50 Å². The van der Waals surface area contributed by atoms with E-state index in [4.69, 9.17) is 0 Å². The molecule has 5 heteroatoms. The van der Waals surface area contributed by atoms with Gasteiger partial charge in [0.05, 0.1) is 22.3 Å². The van der Waals surface area contributed by atoms with Crippen LogP contribution in [0.15, 0.2) is 53.3 Å². The van der Waals surface area contributed by atoms with Crippen molar-refractivity contribution >= 4 is 21.4 Å². The van der Waals surface area contributed by atoms with Gasteiger partial charge < -0.3 is 5.11 Å². The average Bonchev–Trinajstić information content (AvgIpc) is 2.88. The van der Waals surface area contributed by atoms with Crippen molar-refractivity contribution in [1.82, 2.24) is 9.61 Å². The van der Waals surface area contributed by atoms with Crippen LogP contribution in [0.5, 0.6) is 0 Å². The van der Waals surface area contributed by atoms with Crippen molar-refractivity contribution in [3.8, 4) is 0 Å². The Kier molecular flexibility index (Phi) is 3.54. The third-order valence-electron chi connectivity index (χ3n) is 3.26. The van der Waals surface area contributed by atoms with E-state index in [1.807, 2.05) is 24.4 Å². The second-order valence-corrected chi connectivity index (χ2v) is 5.36. The highest BCUT2D eigenvalue weighted by atomic mass is 79.9. The maximum atomic E-state index is 13.5. The van der Waals surface area contributed by atoms with E-state index in [1.54, 1.807) is 22.8 Å². The number of halogens is 2. The number of hydrogen-bond acceptors (Lipinski definition) is 2. The molecule has 2 heterocycles. The zero-order valence-electron chi connectivity index (χ0n) is 10.5. The monoisotopic (exact) mass is 334 g/mol. The van der Waals surface area contributed by atoms with Crippen molar-refractivity contribution in [2.45, 2.75) is 12.5 Å². The Hall–Kier alpha value is -1.72. The quantitative estimate of drug-likeness (QED) is 0.795. The second kappa shape index (κ2) is 5.34. The van der Waals surface area contributed by atoms with Gasteiger partial charge in [-0.1, -0.05) is 18.2 Å². The van der Waals surface area contributed by atoms with Crippen LogP contribution in [-0.4, -0.2) is 14.7 Å². The second-order valence-electron chi connectivity index (χ2n) is 4.56. The summed E-state index contributed by atoms with van der Waals surface area (Å²) in [4.78, 5) is 0. The number of benzene rings is 1. The van der Waals surface area contributed by atoms with Gasteiger partial charge in [-0.05, 0) is 39.7 Å². The summed E-state index contributed by atoms with van der Waals surface area (Å²) in [6, 6.07) is 10.5. The summed E-state index contributed by atoms with van der Waals surface area (Å²) in [6.45, 7) is 0. The summed E-state index contributed by atoms with van der Waals surface area (Å²) in [5.74, 6) is -0.324. The van der Waals surface area contributed by atoms with Gasteiger partial charge in [-0.3, -0.25) is 0 Å². The van der Waals surface area contributed by atoms with E-state index < -0.39 is 6.10 Å². The van der Waals surface area contributed by atoms with Crippen molar-refractivity contribution in [2.75, 3.05) is 0 Å². The molecule has 0 amide bonds. The van der Waals surface area contributed by atoms with Crippen LogP contribution in [0.4, 0.5) is 4.39 Å². The molecule has 0 radical (unpaired) electrons. The Morgan fingerprint density at radius 2 is 2.10 bits per heavy atom. The standard InChI is InChI=1S/C15H12BrFN2O/c16-15-10(4-3-5-12(15)17)8-14(20)11-9-18-19-7-2-1-6-13(11)19/h1-7,9,14,20H,8H2. The highest BCUT2D eigenvalue weighted by molar-refractivity contribution is 9.10. The highest BCUT2D eigenvalue weighted by Crippen LogP contribution is 2.27. The zero-order valence-corrected chi connectivity index (χ0v) is 12.1. The molecule has 3 aromatic rings. The molecule has 1 atom stereocenters. The maximum absolute atomic E-state index is 13.5. The number of aromatic nitrogens is 2. The van der Waals surface area contributed by atoms with Crippen LogP contribution in [0.2, 0.25) is 0 Å². The number of rotatable bonds is 3. The van der Waals surface area contributed by atoms with E-state index in [0.717, 1.165) is 16.6 Å². The minimum Gasteiger partial charge on any atom is -0.388 e. The third kappa shape index (κ3) is 2.34. The Morgan fingerprint density at radius 1 is 1.25 bits per heavy atom. The predicted octanol–water partition coefficient (Wildman–Crippen LogP) is 3.51. The van der Waals surface area contributed by atoms with E-state index in [2.05, 4.69) is 21.0 Å². The molecule has 0 aliphatic carbocycles. The van der Waals surface area contributed by atoms with Crippen LogP contribution < -0.4 is 0 Å². The number of fused-ring (bicyclic) bond motifs is 1. The molecule has 0 bridgehead atoms. The highest BCUT2D eigenvalue weighted by Gasteiger charge is 2.16. The number of nitrogens with zero attached hydrogens (tertiary/aromatic N) is 2. The van der Waals surface area contributed by atoms with Gasteiger partial charge in [-0.15, -0.1) is 0 Å². The lowest BCUT2D eigenvalue weighted by atomic mass is 10.0. The molecule has 0 aliphatic rings. The van der Waals surface area contributed by atoms with Crippen molar-refractivity contribution in [1.29, 1.82) is 0 Å². The first-order chi connectivity index (χ1) is 9.66. The van der Waals surface area contributed by atoms with Crippen molar-refractivity contribution in [3.63, 3.8) is 0 Å². The fourth-order valence-electron chi connectivity index (χ4n) is 2.24. The topological polar surface area (TPSA) is 37.5 Å². The molecular weight excluding hydrogens is 323 g/mol. The lowest BCUT2D eigenvalue weighted by Crippen LogP contribution is -2.03. The number of hydrogen-bond donors (Lipinski definition) is 1. The molecule has 2 aromatic heterocycles. The van der Waals surface area contributed by atoms with Gasteiger partial charge in [0.1, 0.15) is 5.82 Å².